The zero-order valence-electron chi connectivity index (χ0n) is 7.02. The van der Waals surface area contributed by atoms with Crippen molar-refractivity contribution < 1.29 is 0 Å². The topological polar surface area (TPSA) is 0 Å². The zero-order chi connectivity index (χ0) is 8.27. The van der Waals surface area contributed by atoms with E-state index >= 15 is 0 Å². The van der Waals surface area contributed by atoms with Gasteiger partial charge in [-0.1, -0.05) is 24.8 Å². The van der Waals surface area contributed by atoms with Gasteiger partial charge < -0.3 is 0 Å². The predicted octanol–water partition coefficient (Wildman–Crippen LogP) is 3.10. The van der Waals surface area contributed by atoms with Gasteiger partial charge in [0.15, 0.2) is 0 Å². The second-order valence-corrected chi connectivity index (χ2v) is 2.69. The van der Waals surface area contributed by atoms with E-state index in [1.807, 2.05) is 6.08 Å². The van der Waals surface area contributed by atoms with Crippen LogP contribution in [-0.2, 0) is 0 Å². The Morgan fingerprint density at radius 2 is 2.00 bits per heavy atom. The molecule has 0 bridgehead atoms. The summed E-state index contributed by atoms with van der Waals surface area (Å²) >= 11 is 0. The molecule has 0 spiro atoms. The molecule has 0 heterocycles. The van der Waals surface area contributed by atoms with E-state index in [0.717, 1.165) is 0 Å². The summed E-state index contributed by atoms with van der Waals surface area (Å²) in [6, 6.07) is 6.31. The molecule has 0 heteroatoms. The highest BCUT2D eigenvalue weighted by Crippen LogP contribution is 2.10. The Balaban J connectivity index is 3.14. The number of hydrogen-bond acceptors (Lipinski definition) is 0. The fraction of sp³-hybridized carbons (Fsp3) is 0.182. The molecule has 11 heavy (non-hydrogen) atoms. The van der Waals surface area contributed by atoms with E-state index in [0.29, 0.717) is 0 Å². The van der Waals surface area contributed by atoms with Crippen molar-refractivity contribution in [3.8, 4) is 0 Å². The summed E-state index contributed by atoms with van der Waals surface area (Å²) in [7, 11) is 0. The van der Waals surface area contributed by atoms with Crippen molar-refractivity contribution in [2.75, 3.05) is 0 Å². The monoisotopic (exact) mass is 144 g/mol. The summed E-state index contributed by atoms with van der Waals surface area (Å²) < 4.78 is 0. The van der Waals surface area contributed by atoms with Crippen molar-refractivity contribution in [3.63, 3.8) is 0 Å². The predicted molar refractivity (Wildman–Crippen MR) is 49.5 cm³/mol. The summed E-state index contributed by atoms with van der Waals surface area (Å²) in [5, 5.41) is 0. The van der Waals surface area contributed by atoms with Gasteiger partial charge in [0.25, 0.3) is 0 Å². The molecule has 0 aromatic heterocycles. The van der Waals surface area contributed by atoms with Crippen LogP contribution in [0.3, 0.4) is 0 Å². The van der Waals surface area contributed by atoms with Crippen molar-refractivity contribution in [1.82, 2.24) is 0 Å². The maximum Gasteiger partial charge on any atom is -0.0133 e. The standard InChI is InChI=1S/C11H12/c1-4-5-11-7-6-9(2)10(3)8-11/h5-8H,1H2,2-3H3. The third-order valence-electron chi connectivity index (χ3n) is 1.80. The van der Waals surface area contributed by atoms with Gasteiger partial charge in [-0.25, -0.2) is 0 Å². The second kappa shape index (κ2) is 3.23. The molecule has 0 saturated carbocycles. The summed E-state index contributed by atoms with van der Waals surface area (Å²) in [6.45, 7) is 7.74. The van der Waals surface area contributed by atoms with E-state index < -0.39 is 0 Å². The molecule has 56 valence electrons. The minimum Gasteiger partial charge on any atom is -0.128 e. The number of aryl methyl sites for hydroxylation is 2. The Hall–Kier alpha value is -1.26. The van der Waals surface area contributed by atoms with E-state index in [-0.39, 0.29) is 0 Å². The highest BCUT2D eigenvalue weighted by atomic mass is 14.0. The van der Waals surface area contributed by atoms with E-state index in [9.17, 15) is 0 Å². The highest BCUT2D eigenvalue weighted by Gasteiger charge is 1.91. The average molecular weight is 144 g/mol. The van der Waals surface area contributed by atoms with Crippen molar-refractivity contribution in [1.29, 1.82) is 0 Å². The Bertz CT molecular complexity index is 302. The van der Waals surface area contributed by atoms with Gasteiger partial charge in [-0.3, -0.25) is 0 Å². The van der Waals surface area contributed by atoms with Crippen LogP contribution in [0.4, 0.5) is 0 Å². The largest absolute Gasteiger partial charge is 0.128 e. The Morgan fingerprint density at radius 1 is 1.27 bits per heavy atom. The first-order valence-corrected chi connectivity index (χ1v) is 3.67. The maximum atomic E-state index is 3.53. The fourth-order valence-electron chi connectivity index (χ4n) is 0.972. The summed E-state index contributed by atoms with van der Waals surface area (Å²) in [5.41, 5.74) is 6.56. The van der Waals surface area contributed by atoms with E-state index in [4.69, 9.17) is 0 Å². The molecule has 1 aromatic carbocycles. The normalized spacial score (nSPS) is 8.91. The van der Waals surface area contributed by atoms with Gasteiger partial charge in [0.2, 0.25) is 0 Å². The van der Waals surface area contributed by atoms with Crippen LogP contribution in [0.15, 0.2) is 30.5 Å². The van der Waals surface area contributed by atoms with Gasteiger partial charge in [-0.05, 0) is 36.6 Å². The summed E-state index contributed by atoms with van der Waals surface area (Å²) in [5.74, 6) is 0. The molecule has 0 aliphatic carbocycles. The first-order valence-electron chi connectivity index (χ1n) is 3.67. The van der Waals surface area contributed by atoms with Crippen LogP contribution in [0.2, 0.25) is 0 Å². The van der Waals surface area contributed by atoms with Crippen molar-refractivity contribution in [2.45, 2.75) is 13.8 Å². The van der Waals surface area contributed by atoms with Crippen molar-refractivity contribution in [2.24, 2.45) is 0 Å². The third-order valence-corrected chi connectivity index (χ3v) is 1.80. The summed E-state index contributed by atoms with van der Waals surface area (Å²) in [6.07, 6.45) is 1.88. The lowest BCUT2D eigenvalue weighted by atomic mass is 10.1. The highest BCUT2D eigenvalue weighted by molar-refractivity contribution is 5.50. The van der Waals surface area contributed by atoms with E-state index in [1.54, 1.807) is 0 Å². The first-order chi connectivity index (χ1) is 5.24. The molecular formula is C11H12. The molecule has 1 rings (SSSR count). The van der Waals surface area contributed by atoms with E-state index in [2.05, 4.69) is 44.4 Å². The molecular weight excluding hydrogens is 132 g/mol. The molecule has 0 unspecified atom stereocenters. The van der Waals surface area contributed by atoms with Crippen LogP contribution in [0.25, 0.3) is 6.08 Å². The fourth-order valence-corrected chi connectivity index (χ4v) is 0.972. The number of hydrogen-bond donors (Lipinski definition) is 0. The lowest BCUT2D eigenvalue weighted by molar-refractivity contribution is 1.33. The van der Waals surface area contributed by atoms with Gasteiger partial charge in [0.1, 0.15) is 0 Å². The minimum absolute atomic E-state index is 1.17. The van der Waals surface area contributed by atoms with Crippen LogP contribution < -0.4 is 0 Å². The molecule has 1 aromatic rings. The van der Waals surface area contributed by atoms with Crippen LogP contribution in [0.1, 0.15) is 16.7 Å². The molecule has 0 fully saturated rings. The molecule has 0 radical (unpaired) electrons. The quantitative estimate of drug-likeness (QED) is 0.531. The van der Waals surface area contributed by atoms with Gasteiger partial charge in [0.05, 0.1) is 0 Å². The third kappa shape index (κ3) is 1.83. The number of rotatable bonds is 1. The van der Waals surface area contributed by atoms with Gasteiger partial charge in [-0.15, -0.1) is 5.73 Å². The Kier molecular flexibility index (Phi) is 2.30. The average Bonchev–Trinajstić information content (AvgIpc) is 1.98. The van der Waals surface area contributed by atoms with Crippen LogP contribution in [-0.4, -0.2) is 0 Å². The molecule has 0 atom stereocenters. The van der Waals surface area contributed by atoms with Crippen LogP contribution >= 0.6 is 0 Å². The Labute approximate surface area is 67.9 Å². The second-order valence-electron chi connectivity index (χ2n) is 2.69. The van der Waals surface area contributed by atoms with E-state index in [1.165, 1.54) is 16.7 Å². The van der Waals surface area contributed by atoms with Gasteiger partial charge >= 0.3 is 0 Å². The van der Waals surface area contributed by atoms with Crippen LogP contribution in [0.5, 0.6) is 0 Å². The molecule has 0 N–H and O–H groups in total. The zero-order valence-corrected chi connectivity index (χ0v) is 7.02. The lowest BCUT2D eigenvalue weighted by Crippen LogP contribution is -1.80. The molecule has 0 nitrogen and oxygen atoms in total. The minimum atomic E-state index is 1.17. The SMILES string of the molecule is C=C=Cc1ccc(C)c(C)c1. The maximum absolute atomic E-state index is 3.53. The Morgan fingerprint density at radius 3 is 2.55 bits per heavy atom. The molecule has 0 aliphatic rings. The lowest BCUT2D eigenvalue weighted by Gasteiger charge is -1.99. The summed E-state index contributed by atoms with van der Waals surface area (Å²) in [4.78, 5) is 0. The van der Waals surface area contributed by atoms with Crippen molar-refractivity contribution >= 4 is 6.08 Å². The molecule has 0 aliphatic heterocycles. The number of benzene rings is 1. The smallest absolute Gasteiger partial charge is 0.0133 e. The molecule has 0 saturated heterocycles. The van der Waals surface area contributed by atoms with Gasteiger partial charge in [0, 0.05) is 0 Å². The first kappa shape index (κ1) is 7.84. The van der Waals surface area contributed by atoms with Crippen LogP contribution in [0, 0.1) is 13.8 Å². The van der Waals surface area contributed by atoms with Crippen molar-refractivity contribution in [3.05, 3.63) is 47.2 Å². The molecule has 0 amide bonds. The van der Waals surface area contributed by atoms with Gasteiger partial charge in [-0.2, -0.15) is 0 Å².